The van der Waals surface area contributed by atoms with Gasteiger partial charge in [-0.05, 0) is 48.5 Å². The molecular weight excluding hydrogens is 361 g/mol. The van der Waals surface area contributed by atoms with Crippen LogP contribution < -0.4 is 4.74 Å². The maximum Gasteiger partial charge on any atom is 0.235 e. The minimum atomic E-state index is 0.291. The number of aromatic nitrogens is 2. The lowest BCUT2D eigenvalue weighted by atomic mass is 10.1. The molecule has 0 atom stereocenters. The quantitative estimate of drug-likeness (QED) is 0.757. The standard InChI is InChI=1S/C12H14IN3OS/c1-16-4-2-8(3-5-16)17-12-11-9(14-7-15-12)6-10(13)18-11/h6-8H,2-5H2,1H3. The first kappa shape index (κ1) is 12.6. The Labute approximate surface area is 124 Å². The van der Waals surface area contributed by atoms with E-state index in [0.29, 0.717) is 6.10 Å². The second-order valence-electron chi connectivity index (χ2n) is 4.56. The zero-order chi connectivity index (χ0) is 12.5. The van der Waals surface area contributed by atoms with Crippen LogP contribution in [0.25, 0.3) is 10.2 Å². The lowest BCUT2D eigenvalue weighted by molar-refractivity contribution is 0.111. The van der Waals surface area contributed by atoms with Gasteiger partial charge < -0.3 is 9.64 Å². The summed E-state index contributed by atoms with van der Waals surface area (Å²) < 4.78 is 8.35. The Morgan fingerprint density at radius 1 is 1.39 bits per heavy atom. The molecule has 0 radical (unpaired) electrons. The summed E-state index contributed by atoms with van der Waals surface area (Å²) in [7, 11) is 2.15. The van der Waals surface area contributed by atoms with E-state index < -0.39 is 0 Å². The summed E-state index contributed by atoms with van der Waals surface area (Å²) in [5.74, 6) is 0.752. The van der Waals surface area contributed by atoms with Crippen LogP contribution in [0, 0.1) is 2.88 Å². The molecule has 1 saturated heterocycles. The molecule has 1 aliphatic heterocycles. The van der Waals surface area contributed by atoms with Gasteiger partial charge in [0.05, 0.1) is 8.40 Å². The van der Waals surface area contributed by atoms with Gasteiger partial charge in [-0.1, -0.05) is 0 Å². The Balaban J connectivity index is 1.82. The number of piperidine rings is 1. The van der Waals surface area contributed by atoms with Crippen LogP contribution in [0.3, 0.4) is 0 Å². The van der Waals surface area contributed by atoms with Crippen LogP contribution in [0.2, 0.25) is 0 Å². The number of halogens is 1. The smallest absolute Gasteiger partial charge is 0.235 e. The van der Waals surface area contributed by atoms with Crippen LogP contribution in [-0.4, -0.2) is 41.1 Å². The number of thiophene rings is 1. The highest BCUT2D eigenvalue weighted by molar-refractivity contribution is 14.1. The van der Waals surface area contributed by atoms with Crippen molar-refractivity contribution in [2.24, 2.45) is 0 Å². The molecule has 2 aromatic rings. The van der Waals surface area contributed by atoms with Crippen LogP contribution in [0.1, 0.15) is 12.8 Å². The summed E-state index contributed by atoms with van der Waals surface area (Å²) >= 11 is 4.01. The van der Waals surface area contributed by atoms with Crippen molar-refractivity contribution in [2.75, 3.05) is 20.1 Å². The third-order valence-electron chi connectivity index (χ3n) is 3.19. The Kier molecular flexibility index (Phi) is 3.67. The molecule has 0 saturated carbocycles. The fourth-order valence-electron chi connectivity index (χ4n) is 2.15. The largest absolute Gasteiger partial charge is 0.473 e. The maximum atomic E-state index is 6.06. The number of fused-ring (bicyclic) bond motifs is 1. The minimum Gasteiger partial charge on any atom is -0.473 e. The van der Waals surface area contributed by atoms with E-state index >= 15 is 0 Å². The average Bonchev–Trinajstić information content (AvgIpc) is 2.73. The van der Waals surface area contributed by atoms with Gasteiger partial charge in [-0.25, -0.2) is 9.97 Å². The molecule has 0 aliphatic carbocycles. The number of hydrogen-bond donors (Lipinski definition) is 0. The van der Waals surface area contributed by atoms with Gasteiger partial charge in [0.25, 0.3) is 0 Å². The average molecular weight is 375 g/mol. The van der Waals surface area contributed by atoms with E-state index in [1.54, 1.807) is 17.7 Å². The van der Waals surface area contributed by atoms with Gasteiger partial charge in [-0.15, -0.1) is 11.3 Å². The highest BCUT2D eigenvalue weighted by Gasteiger charge is 2.20. The normalized spacial score (nSPS) is 18.3. The van der Waals surface area contributed by atoms with Gasteiger partial charge in [-0.2, -0.15) is 0 Å². The zero-order valence-corrected chi connectivity index (χ0v) is 13.1. The molecule has 3 rings (SSSR count). The monoisotopic (exact) mass is 375 g/mol. The molecule has 3 heterocycles. The predicted molar refractivity (Wildman–Crippen MR) is 81.3 cm³/mol. The second-order valence-corrected chi connectivity index (χ2v) is 7.51. The Morgan fingerprint density at radius 3 is 2.94 bits per heavy atom. The van der Waals surface area contributed by atoms with Crippen LogP contribution >= 0.6 is 33.9 Å². The van der Waals surface area contributed by atoms with Crippen molar-refractivity contribution >= 4 is 44.1 Å². The first-order valence-electron chi connectivity index (χ1n) is 5.97. The van der Waals surface area contributed by atoms with E-state index in [2.05, 4.69) is 50.6 Å². The summed E-state index contributed by atoms with van der Waals surface area (Å²) in [6.07, 6.45) is 4.03. The van der Waals surface area contributed by atoms with Crippen molar-refractivity contribution in [1.82, 2.24) is 14.9 Å². The van der Waals surface area contributed by atoms with Crippen LogP contribution in [0.15, 0.2) is 12.4 Å². The van der Waals surface area contributed by atoms with Crippen molar-refractivity contribution in [3.63, 3.8) is 0 Å². The summed E-state index contributed by atoms with van der Waals surface area (Å²) in [6.45, 7) is 2.20. The van der Waals surface area contributed by atoms with Crippen LogP contribution in [0.5, 0.6) is 5.88 Å². The van der Waals surface area contributed by atoms with Gasteiger partial charge >= 0.3 is 0 Å². The van der Waals surface area contributed by atoms with Crippen molar-refractivity contribution in [3.05, 3.63) is 15.3 Å². The van der Waals surface area contributed by atoms with Gasteiger partial charge in [-0.3, -0.25) is 0 Å². The molecule has 0 amide bonds. The number of hydrogen-bond acceptors (Lipinski definition) is 5. The SMILES string of the molecule is CN1CCC(Oc2ncnc3cc(I)sc23)CC1. The van der Waals surface area contributed by atoms with E-state index in [0.717, 1.165) is 42.0 Å². The molecule has 0 N–H and O–H groups in total. The fourth-order valence-corrected chi connectivity index (χ4v) is 3.87. The van der Waals surface area contributed by atoms with E-state index in [1.807, 2.05) is 0 Å². The number of rotatable bonds is 2. The Bertz CT molecular complexity index is 551. The van der Waals surface area contributed by atoms with Crippen LogP contribution in [-0.2, 0) is 0 Å². The molecule has 2 aromatic heterocycles. The van der Waals surface area contributed by atoms with Gasteiger partial charge in [0.15, 0.2) is 0 Å². The first-order chi connectivity index (χ1) is 8.72. The third-order valence-corrected chi connectivity index (χ3v) is 5.07. The van der Waals surface area contributed by atoms with E-state index in [1.165, 1.54) is 2.88 Å². The first-order valence-corrected chi connectivity index (χ1v) is 7.87. The van der Waals surface area contributed by atoms with E-state index in [-0.39, 0.29) is 0 Å². The molecule has 1 fully saturated rings. The van der Waals surface area contributed by atoms with Crippen molar-refractivity contribution in [2.45, 2.75) is 18.9 Å². The molecule has 96 valence electrons. The topological polar surface area (TPSA) is 38.2 Å². The number of ether oxygens (including phenoxy) is 1. The van der Waals surface area contributed by atoms with Crippen molar-refractivity contribution < 1.29 is 4.74 Å². The van der Waals surface area contributed by atoms with E-state index in [9.17, 15) is 0 Å². The molecule has 18 heavy (non-hydrogen) atoms. The van der Waals surface area contributed by atoms with Gasteiger partial charge in [0.2, 0.25) is 5.88 Å². The van der Waals surface area contributed by atoms with Crippen LogP contribution in [0.4, 0.5) is 0 Å². The molecule has 1 aliphatic rings. The third kappa shape index (κ3) is 2.60. The van der Waals surface area contributed by atoms with Gasteiger partial charge in [0, 0.05) is 13.1 Å². The van der Waals surface area contributed by atoms with E-state index in [4.69, 9.17) is 4.74 Å². The molecule has 0 spiro atoms. The molecule has 4 nitrogen and oxygen atoms in total. The number of nitrogens with zero attached hydrogens (tertiary/aromatic N) is 3. The lowest BCUT2D eigenvalue weighted by Crippen LogP contribution is -2.35. The Hall–Kier alpha value is -0.470. The molecule has 0 bridgehead atoms. The fraction of sp³-hybridized carbons (Fsp3) is 0.500. The molecule has 0 unspecified atom stereocenters. The zero-order valence-electron chi connectivity index (χ0n) is 10.1. The maximum absolute atomic E-state index is 6.06. The summed E-state index contributed by atoms with van der Waals surface area (Å²) in [4.78, 5) is 10.9. The predicted octanol–water partition coefficient (Wildman–Crippen LogP) is 2.77. The highest BCUT2D eigenvalue weighted by Crippen LogP contribution is 2.32. The minimum absolute atomic E-state index is 0.291. The lowest BCUT2D eigenvalue weighted by Gasteiger charge is -2.28. The Morgan fingerprint density at radius 2 is 2.17 bits per heavy atom. The summed E-state index contributed by atoms with van der Waals surface area (Å²) in [5, 5.41) is 0. The van der Waals surface area contributed by atoms with Crippen molar-refractivity contribution in [1.29, 1.82) is 0 Å². The summed E-state index contributed by atoms with van der Waals surface area (Å²) in [5.41, 5.74) is 0.988. The van der Waals surface area contributed by atoms with Crippen molar-refractivity contribution in [3.8, 4) is 5.88 Å². The second kappa shape index (κ2) is 5.26. The molecule has 6 heteroatoms. The highest BCUT2D eigenvalue weighted by atomic mass is 127. The number of likely N-dealkylation sites (tertiary alicyclic amines) is 1. The van der Waals surface area contributed by atoms with Gasteiger partial charge in [0.1, 0.15) is 17.1 Å². The molecular formula is C12H14IN3OS. The summed E-state index contributed by atoms with van der Waals surface area (Å²) in [6, 6.07) is 2.07. The molecule has 0 aromatic carbocycles.